The van der Waals surface area contributed by atoms with Crippen LogP contribution in [-0.2, 0) is 4.79 Å². The SMILES string of the molecule is C[C@]12CC[C@H]3C[C@]1(C(N)=O)N(N)C[C@@]32C. The van der Waals surface area contributed by atoms with Gasteiger partial charge in [-0.25, -0.2) is 5.01 Å². The molecule has 0 aromatic carbocycles. The van der Waals surface area contributed by atoms with Crippen molar-refractivity contribution in [2.75, 3.05) is 6.54 Å². The van der Waals surface area contributed by atoms with Crippen LogP contribution >= 0.6 is 0 Å². The van der Waals surface area contributed by atoms with E-state index in [-0.39, 0.29) is 16.7 Å². The van der Waals surface area contributed by atoms with E-state index in [0.717, 1.165) is 19.4 Å². The zero-order chi connectivity index (χ0) is 11.1. The van der Waals surface area contributed by atoms with Gasteiger partial charge in [-0.3, -0.25) is 10.6 Å². The molecule has 0 radical (unpaired) electrons. The Morgan fingerprint density at radius 2 is 2.13 bits per heavy atom. The van der Waals surface area contributed by atoms with E-state index in [1.165, 1.54) is 6.42 Å². The molecule has 1 amide bonds. The van der Waals surface area contributed by atoms with Gasteiger partial charge >= 0.3 is 0 Å². The van der Waals surface area contributed by atoms with Gasteiger partial charge in [-0.1, -0.05) is 13.8 Å². The van der Waals surface area contributed by atoms with Crippen molar-refractivity contribution in [1.29, 1.82) is 0 Å². The second-order valence-electron chi connectivity index (χ2n) is 6.04. The Morgan fingerprint density at radius 3 is 2.60 bits per heavy atom. The van der Waals surface area contributed by atoms with Gasteiger partial charge in [0.15, 0.2) is 0 Å². The molecular formula is C11H19N3O. The molecule has 3 aliphatic rings. The van der Waals surface area contributed by atoms with E-state index < -0.39 is 5.54 Å². The number of hydrazine groups is 1. The van der Waals surface area contributed by atoms with E-state index in [9.17, 15) is 4.79 Å². The van der Waals surface area contributed by atoms with Crippen molar-refractivity contribution in [3.8, 4) is 0 Å². The third-order valence-electron chi connectivity index (χ3n) is 6.01. The first-order chi connectivity index (χ1) is 6.88. The van der Waals surface area contributed by atoms with E-state index in [1.807, 2.05) is 0 Å². The molecule has 0 aromatic rings. The highest BCUT2D eigenvalue weighted by atomic mass is 16.2. The summed E-state index contributed by atoms with van der Waals surface area (Å²) in [5, 5.41) is 1.73. The number of hydrogen-bond donors (Lipinski definition) is 2. The van der Waals surface area contributed by atoms with Crippen molar-refractivity contribution in [2.45, 2.75) is 38.6 Å². The van der Waals surface area contributed by atoms with Crippen LogP contribution in [0.5, 0.6) is 0 Å². The van der Waals surface area contributed by atoms with Crippen molar-refractivity contribution in [3.63, 3.8) is 0 Å². The van der Waals surface area contributed by atoms with Gasteiger partial charge in [-0.2, -0.15) is 0 Å². The van der Waals surface area contributed by atoms with Crippen molar-refractivity contribution in [3.05, 3.63) is 0 Å². The van der Waals surface area contributed by atoms with Crippen LogP contribution in [0.25, 0.3) is 0 Å². The van der Waals surface area contributed by atoms with Gasteiger partial charge in [-0.15, -0.1) is 0 Å². The molecule has 0 unspecified atom stereocenters. The third kappa shape index (κ3) is 0.658. The Labute approximate surface area is 89.9 Å². The maximum absolute atomic E-state index is 11.8. The average Bonchev–Trinajstić information content (AvgIpc) is 2.55. The van der Waals surface area contributed by atoms with Gasteiger partial charge in [0, 0.05) is 12.0 Å². The lowest BCUT2D eigenvalue weighted by atomic mass is 9.65. The molecule has 4 N–H and O–H groups in total. The largest absolute Gasteiger partial charge is 0.368 e. The highest BCUT2D eigenvalue weighted by molar-refractivity contribution is 5.87. The molecule has 0 spiro atoms. The van der Waals surface area contributed by atoms with Crippen LogP contribution in [0.4, 0.5) is 0 Å². The number of primary amides is 1. The Balaban J connectivity index is 2.22. The summed E-state index contributed by atoms with van der Waals surface area (Å²) in [5.41, 5.74) is 5.25. The maximum atomic E-state index is 11.8. The van der Waals surface area contributed by atoms with Crippen molar-refractivity contribution >= 4 is 5.91 Å². The van der Waals surface area contributed by atoms with Gasteiger partial charge in [0.2, 0.25) is 5.91 Å². The van der Waals surface area contributed by atoms with Gasteiger partial charge in [-0.05, 0) is 30.6 Å². The summed E-state index contributed by atoms with van der Waals surface area (Å²) in [6.45, 7) is 5.30. The van der Waals surface area contributed by atoms with E-state index in [4.69, 9.17) is 11.6 Å². The molecular weight excluding hydrogens is 190 g/mol. The lowest BCUT2D eigenvalue weighted by Crippen LogP contribution is -2.63. The summed E-state index contributed by atoms with van der Waals surface area (Å²) in [4.78, 5) is 11.8. The summed E-state index contributed by atoms with van der Waals surface area (Å²) >= 11 is 0. The summed E-state index contributed by atoms with van der Waals surface area (Å²) in [7, 11) is 0. The molecule has 2 saturated carbocycles. The lowest BCUT2D eigenvalue weighted by Gasteiger charge is -2.43. The maximum Gasteiger partial charge on any atom is 0.239 e. The minimum Gasteiger partial charge on any atom is -0.368 e. The number of rotatable bonds is 1. The lowest BCUT2D eigenvalue weighted by molar-refractivity contribution is -0.135. The number of nitrogens with two attached hydrogens (primary N) is 2. The molecule has 4 nitrogen and oxygen atoms in total. The summed E-state index contributed by atoms with van der Waals surface area (Å²) < 4.78 is 0. The number of piperidine rings is 1. The molecule has 1 saturated heterocycles. The fraction of sp³-hybridized carbons (Fsp3) is 0.909. The van der Waals surface area contributed by atoms with Gasteiger partial charge < -0.3 is 5.73 Å². The smallest absolute Gasteiger partial charge is 0.239 e. The number of carbonyl (C=O) groups is 1. The molecule has 84 valence electrons. The van der Waals surface area contributed by atoms with Crippen LogP contribution in [0.3, 0.4) is 0 Å². The molecule has 4 heteroatoms. The summed E-state index contributed by atoms with van der Waals surface area (Å²) in [6.07, 6.45) is 3.19. The number of amides is 1. The number of carbonyl (C=O) groups excluding carboxylic acids is 1. The van der Waals surface area contributed by atoms with Crippen LogP contribution in [0.15, 0.2) is 0 Å². The molecule has 3 rings (SSSR count). The number of nitrogens with zero attached hydrogens (tertiary/aromatic N) is 1. The molecule has 0 aromatic heterocycles. The monoisotopic (exact) mass is 209 g/mol. The Hall–Kier alpha value is -0.610. The van der Waals surface area contributed by atoms with Crippen LogP contribution in [-0.4, -0.2) is 23.0 Å². The van der Waals surface area contributed by atoms with E-state index in [0.29, 0.717) is 5.92 Å². The Bertz CT molecular complexity index is 358. The van der Waals surface area contributed by atoms with Crippen LogP contribution in [0.2, 0.25) is 0 Å². The second kappa shape index (κ2) is 2.23. The fourth-order valence-electron chi connectivity index (χ4n) is 4.85. The van der Waals surface area contributed by atoms with Crippen LogP contribution < -0.4 is 11.6 Å². The average molecular weight is 209 g/mol. The Morgan fingerprint density at radius 1 is 1.47 bits per heavy atom. The predicted octanol–water partition coefficient (Wildman–Crippen LogP) is 0.226. The fourth-order valence-corrected chi connectivity index (χ4v) is 4.85. The van der Waals surface area contributed by atoms with E-state index in [1.54, 1.807) is 5.01 Å². The second-order valence-corrected chi connectivity index (χ2v) is 6.04. The standard InChI is InChI=1S/C11H19N3O/c1-9-6-14(13)11(8(12)15)5-7(9)3-4-10(9,11)2/h7H,3-6,13H2,1-2H3,(H2,12,15)/t7-,9-,10+,11+/m0/s1. The molecule has 1 heterocycles. The van der Waals surface area contributed by atoms with Crippen molar-refractivity contribution in [1.82, 2.24) is 5.01 Å². The summed E-state index contributed by atoms with van der Waals surface area (Å²) in [5.74, 6) is 6.46. The quantitative estimate of drug-likeness (QED) is 0.607. The van der Waals surface area contributed by atoms with Gasteiger partial charge in [0.25, 0.3) is 0 Å². The zero-order valence-electron chi connectivity index (χ0n) is 9.42. The first-order valence-corrected chi connectivity index (χ1v) is 5.71. The number of hydrogen-bond acceptors (Lipinski definition) is 3. The predicted molar refractivity (Wildman–Crippen MR) is 56.4 cm³/mol. The van der Waals surface area contributed by atoms with Crippen molar-refractivity contribution < 1.29 is 4.79 Å². The minimum absolute atomic E-state index is 0.00868. The molecule has 2 aliphatic carbocycles. The minimum atomic E-state index is -0.565. The zero-order valence-corrected chi connectivity index (χ0v) is 9.42. The van der Waals surface area contributed by atoms with Crippen LogP contribution in [0.1, 0.15) is 33.1 Å². The highest BCUT2D eigenvalue weighted by Gasteiger charge is 2.79. The first kappa shape index (κ1) is 9.60. The summed E-state index contributed by atoms with van der Waals surface area (Å²) in [6, 6.07) is 0. The topological polar surface area (TPSA) is 72.4 Å². The van der Waals surface area contributed by atoms with Gasteiger partial charge in [0.1, 0.15) is 5.54 Å². The molecule has 3 fully saturated rings. The molecule has 4 atom stereocenters. The highest BCUT2D eigenvalue weighted by Crippen LogP contribution is 2.74. The van der Waals surface area contributed by atoms with E-state index >= 15 is 0 Å². The molecule has 4 bridgehead atoms. The first-order valence-electron chi connectivity index (χ1n) is 5.71. The van der Waals surface area contributed by atoms with Crippen molar-refractivity contribution in [2.24, 2.45) is 28.3 Å². The third-order valence-corrected chi connectivity index (χ3v) is 6.01. The van der Waals surface area contributed by atoms with Gasteiger partial charge in [0.05, 0.1) is 0 Å². The Kier molecular flexibility index (Phi) is 1.43. The van der Waals surface area contributed by atoms with Crippen LogP contribution in [0, 0.1) is 16.7 Å². The molecule has 1 aliphatic heterocycles. The normalized spacial score (nSPS) is 57.7. The van der Waals surface area contributed by atoms with E-state index in [2.05, 4.69) is 13.8 Å². The molecule has 15 heavy (non-hydrogen) atoms.